The molecule has 31 heavy (non-hydrogen) atoms. The van der Waals surface area contributed by atoms with Gasteiger partial charge in [0.1, 0.15) is 11.9 Å². The highest BCUT2D eigenvalue weighted by Crippen LogP contribution is 2.29. The van der Waals surface area contributed by atoms with Crippen molar-refractivity contribution in [2.24, 2.45) is 0 Å². The van der Waals surface area contributed by atoms with E-state index in [1.807, 2.05) is 39.4 Å². The zero-order valence-electron chi connectivity index (χ0n) is 17.3. The van der Waals surface area contributed by atoms with E-state index in [2.05, 4.69) is 22.0 Å². The summed E-state index contributed by atoms with van der Waals surface area (Å²) in [7, 11) is 0. The molecular weight excluding hydrogens is 411 g/mol. The number of nitrogens with zero attached hydrogens (tertiary/aromatic N) is 4. The number of carbonyl (C=O) groups excluding carboxylic acids is 1. The van der Waals surface area contributed by atoms with Gasteiger partial charge in [0.2, 0.25) is 5.91 Å². The summed E-state index contributed by atoms with van der Waals surface area (Å²) in [6, 6.07) is 16.3. The Morgan fingerprint density at radius 2 is 1.74 bits per heavy atom. The van der Waals surface area contributed by atoms with Crippen LogP contribution in [0.15, 0.2) is 60.9 Å². The van der Waals surface area contributed by atoms with Gasteiger partial charge in [-0.2, -0.15) is 11.8 Å². The Morgan fingerprint density at radius 3 is 2.48 bits per heavy atom. The first kappa shape index (κ1) is 20.3. The summed E-state index contributed by atoms with van der Waals surface area (Å²) in [4.78, 5) is 22.6. The Hall–Kier alpha value is -2.64. The molecule has 0 spiro atoms. The molecule has 0 aliphatic carbocycles. The Bertz CT molecular complexity index is 1050. The highest BCUT2D eigenvalue weighted by atomic mass is 32.2. The summed E-state index contributed by atoms with van der Waals surface area (Å²) < 4.78 is 15.3. The van der Waals surface area contributed by atoms with Crippen molar-refractivity contribution in [2.45, 2.75) is 19.0 Å². The van der Waals surface area contributed by atoms with E-state index in [4.69, 9.17) is 0 Å². The molecule has 5 rings (SSSR count). The molecule has 2 aromatic carbocycles. The van der Waals surface area contributed by atoms with E-state index in [0.717, 1.165) is 53.7 Å². The third-order valence-corrected chi connectivity index (χ3v) is 7.03. The molecule has 7 heteroatoms. The van der Waals surface area contributed by atoms with Crippen molar-refractivity contribution < 1.29 is 9.18 Å². The van der Waals surface area contributed by atoms with Crippen LogP contribution in [0.3, 0.4) is 0 Å². The molecule has 0 unspecified atom stereocenters. The van der Waals surface area contributed by atoms with Crippen LogP contribution in [0, 0.1) is 5.82 Å². The van der Waals surface area contributed by atoms with Gasteiger partial charge in [0.05, 0.1) is 18.6 Å². The summed E-state index contributed by atoms with van der Waals surface area (Å²) in [5, 5.41) is 0. The molecule has 1 fully saturated rings. The van der Waals surface area contributed by atoms with Crippen LogP contribution in [-0.2, 0) is 17.8 Å². The van der Waals surface area contributed by atoms with Gasteiger partial charge < -0.3 is 9.47 Å². The number of amides is 1. The second-order valence-corrected chi connectivity index (χ2v) is 9.18. The van der Waals surface area contributed by atoms with Gasteiger partial charge in [-0.1, -0.05) is 30.3 Å². The highest BCUT2D eigenvalue weighted by molar-refractivity contribution is 7.99. The molecule has 0 saturated carbocycles. The standard InChI is InChI=1S/C24H25FN4OS/c25-19-6-8-20(9-7-19)29-17-26-21-16-28(11-10-22(21)29)24(30)23(18-4-2-1-3-5-18)27-12-14-31-15-13-27/h1-9,17,23H,10-16H2/t23-/m1/s1. The number of aromatic nitrogens is 2. The van der Waals surface area contributed by atoms with Crippen molar-refractivity contribution in [2.75, 3.05) is 31.1 Å². The van der Waals surface area contributed by atoms with E-state index in [1.165, 1.54) is 12.1 Å². The van der Waals surface area contributed by atoms with Crippen molar-refractivity contribution in [3.8, 4) is 5.69 Å². The van der Waals surface area contributed by atoms with E-state index >= 15 is 0 Å². The summed E-state index contributed by atoms with van der Waals surface area (Å²) in [6.45, 7) is 3.02. The SMILES string of the molecule is O=C([C@@H](c1ccccc1)N1CCSCC1)N1CCc2c(ncn2-c2ccc(F)cc2)C1. The van der Waals surface area contributed by atoms with Gasteiger partial charge in [-0.3, -0.25) is 9.69 Å². The van der Waals surface area contributed by atoms with E-state index < -0.39 is 0 Å². The molecule has 5 nitrogen and oxygen atoms in total. The molecule has 3 aromatic rings. The quantitative estimate of drug-likeness (QED) is 0.626. The normalized spacial score (nSPS) is 17.9. The lowest BCUT2D eigenvalue weighted by atomic mass is 10.0. The van der Waals surface area contributed by atoms with Crippen LogP contribution in [0.4, 0.5) is 4.39 Å². The molecular formula is C24H25FN4OS. The molecule has 0 N–H and O–H groups in total. The monoisotopic (exact) mass is 436 g/mol. The maximum absolute atomic E-state index is 13.7. The number of imidazole rings is 1. The average molecular weight is 437 g/mol. The average Bonchev–Trinajstić information content (AvgIpc) is 3.24. The Kier molecular flexibility index (Phi) is 5.78. The fourth-order valence-electron chi connectivity index (χ4n) is 4.47. The zero-order chi connectivity index (χ0) is 21.2. The van der Waals surface area contributed by atoms with Gasteiger partial charge in [0, 0.05) is 48.9 Å². The lowest BCUT2D eigenvalue weighted by molar-refractivity contribution is -0.138. The fraction of sp³-hybridized carbons (Fsp3) is 0.333. The van der Waals surface area contributed by atoms with Crippen molar-refractivity contribution in [1.29, 1.82) is 0 Å². The largest absolute Gasteiger partial charge is 0.335 e. The summed E-state index contributed by atoms with van der Waals surface area (Å²) in [5.74, 6) is 2.02. The number of rotatable bonds is 4. The minimum atomic E-state index is -0.252. The Balaban J connectivity index is 1.39. The maximum atomic E-state index is 13.7. The molecule has 1 amide bonds. The third kappa shape index (κ3) is 4.12. The minimum absolute atomic E-state index is 0.153. The van der Waals surface area contributed by atoms with Crippen molar-refractivity contribution >= 4 is 17.7 Å². The van der Waals surface area contributed by atoms with Gasteiger partial charge >= 0.3 is 0 Å². The second-order valence-electron chi connectivity index (χ2n) is 7.96. The number of halogens is 1. The molecule has 3 heterocycles. The molecule has 1 saturated heterocycles. The second kappa shape index (κ2) is 8.85. The number of hydrogen-bond donors (Lipinski definition) is 0. The van der Waals surface area contributed by atoms with E-state index in [-0.39, 0.29) is 17.8 Å². The van der Waals surface area contributed by atoms with E-state index in [9.17, 15) is 9.18 Å². The van der Waals surface area contributed by atoms with Crippen molar-refractivity contribution in [3.63, 3.8) is 0 Å². The smallest absolute Gasteiger partial charge is 0.244 e. The van der Waals surface area contributed by atoms with Gasteiger partial charge in [-0.25, -0.2) is 9.37 Å². The fourth-order valence-corrected chi connectivity index (χ4v) is 5.41. The number of carbonyl (C=O) groups is 1. The van der Waals surface area contributed by atoms with Crippen LogP contribution in [0.5, 0.6) is 0 Å². The predicted octanol–water partition coefficient (Wildman–Crippen LogP) is 3.69. The van der Waals surface area contributed by atoms with Gasteiger partial charge in [0.25, 0.3) is 0 Å². The summed E-state index contributed by atoms with van der Waals surface area (Å²) in [6.07, 6.45) is 2.51. The number of hydrogen-bond acceptors (Lipinski definition) is 4. The molecule has 2 aliphatic rings. The first-order chi connectivity index (χ1) is 15.2. The van der Waals surface area contributed by atoms with Gasteiger partial charge in [-0.05, 0) is 29.8 Å². The molecule has 0 bridgehead atoms. The van der Waals surface area contributed by atoms with Gasteiger partial charge in [-0.15, -0.1) is 0 Å². The first-order valence-corrected chi connectivity index (χ1v) is 11.8. The van der Waals surface area contributed by atoms with Crippen LogP contribution in [0.2, 0.25) is 0 Å². The number of fused-ring (bicyclic) bond motifs is 1. The van der Waals surface area contributed by atoms with Crippen LogP contribution in [-0.4, -0.2) is 56.4 Å². The zero-order valence-corrected chi connectivity index (χ0v) is 18.1. The molecule has 0 radical (unpaired) electrons. The Labute approximate surface area is 185 Å². The summed E-state index contributed by atoms with van der Waals surface area (Å²) >= 11 is 1.95. The lowest BCUT2D eigenvalue weighted by Crippen LogP contribution is -2.47. The minimum Gasteiger partial charge on any atom is -0.335 e. The maximum Gasteiger partial charge on any atom is 0.244 e. The Morgan fingerprint density at radius 1 is 1.00 bits per heavy atom. The first-order valence-electron chi connectivity index (χ1n) is 10.7. The van der Waals surface area contributed by atoms with Crippen LogP contribution in [0.25, 0.3) is 5.69 Å². The predicted molar refractivity (Wildman–Crippen MR) is 121 cm³/mol. The van der Waals surface area contributed by atoms with E-state index in [1.54, 1.807) is 18.5 Å². The van der Waals surface area contributed by atoms with Crippen LogP contribution >= 0.6 is 11.8 Å². The molecule has 2 aliphatic heterocycles. The molecule has 1 atom stereocenters. The van der Waals surface area contributed by atoms with E-state index in [0.29, 0.717) is 13.1 Å². The van der Waals surface area contributed by atoms with Crippen molar-refractivity contribution in [1.82, 2.24) is 19.4 Å². The molecule has 160 valence electrons. The van der Waals surface area contributed by atoms with Gasteiger partial charge in [0.15, 0.2) is 0 Å². The van der Waals surface area contributed by atoms with Crippen LogP contribution in [0.1, 0.15) is 23.0 Å². The highest BCUT2D eigenvalue weighted by Gasteiger charge is 2.34. The third-order valence-electron chi connectivity index (χ3n) is 6.09. The van der Waals surface area contributed by atoms with Crippen LogP contribution < -0.4 is 0 Å². The number of thioether (sulfide) groups is 1. The summed E-state index contributed by atoms with van der Waals surface area (Å²) in [5.41, 5.74) is 3.97. The topological polar surface area (TPSA) is 41.4 Å². The molecule has 1 aromatic heterocycles. The number of benzene rings is 2. The lowest BCUT2D eigenvalue weighted by Gasteiger charge is -2.37. The van der Waals surface area contributed by atoms with Crippen molar-refractivity contribution in [3.05, 3.63) is 83.7 Å².